The van der Waals surface area contributed by atoms with Crippen molar-refractivity contribution in [2.45, 2.75) is 25.2 Å². The summed E-state index contributed by atoms with van der Waals surface area (Å²) in [6, 6.07) is 13.6. The van der Waals surface area contributed by atoms with Gasteiger partial charge in [-0.25, -0.2) is 8.42 Å². The van der Waals surface area contributed by atoms with Crippen molar-refractivity contribution in [1.29, 1.82) is 0 Å². The predicted octanol–water partition coefficient (Wildman–Crippen LogP) is 2.82. The van der Waals surface area contributed by atoms with Crippen molar-refractivity contribution in [1.82, 2.24) is 5.32 Å². The maximum absolute atomic E-state index is 12.8. The van der Waals surface area contributed by atoms with Crippen LogP contribution in [-0.4, -0.2) is 27.4 Å². The third kappa shape index (κ3) is 3.54. The second-order valence-electron chi connectivity index (χ2n) is 6.59. The topological polar surface area (TPSA) is 66.5 Å². The highest BCUT2D eigenvalue weighted by molar-refractivity contribution is 7.92. The van der Waals surface area contributed by atoms with Crippen molar-refractivity contribution >= 4 is 21.6 Å². The van der Waals surface area contributed by atoms with E-state index >= 15 is 0 Å². The molecule has 0 atom stereocenters. The smallest absolute Gasteiger partial charge is 0.264 e. The Hall–Kier alpha value is -2.34. The van der Waals surface area contributed by atoms with Crippen LogP contribution in [0, 0.1) is 5.92 Å². The highest BCUT2D eigenvalue weighted by Gasteiger charge is 2.31. The number of hydrogen-bond acceptors (Lipinski definition) is 3. The SMILES string of the molecule is CC(C)CNC(=O)c1ccc2c(c1)CCN2S(=O)(=O)c1ccccc1. The molecule has 0 aliphatic carbocycles. The second kappa shape index (κ2) is 6.88. The summed E-state index contributed by atoms with van der Waals surface area (Å²) in [6.07, 6.45) is 0.604. The molecule has 0 saturated heterocycles. The fourth-order valence-electron chi connectivity index (χ4n) is 2.88. The van der Waals surface area contributed by atoms with Gasteiger partial charge in [0.2, 0.25) is 0 Å². The zero-order chi connectivity index (χ0) is 18.0. The van der Waals surface area contributed by atoms with Crippen molar-refractivity contribution < 1.29 is 13.2 Å². The van der Waals surface area contributed by atoms with Gasteiger partial charge in [0.15, 0.2) is 0 Å². The molecule has 0 fully saturated rings. The monoisotopic (exact) mass is 358 g/mol. The Labute approximate surface area is 148 Å². The zero-order valence-electron chi connectivity index (χ0n) is 14.4. The van der Waals surface area contributed by atoms with Crippen LogP contribution in [0.2, 0.25) is 0 Å². The summed E-state index contributed by atoms with van der Waals surface area (Å²) in [7, 11) is -3.57. The van der Waals surface area contributed by atoms with Gasteiger partial charge in [-0.05, 0) is 48.2 Å². The third-order valence-electron chi connectivity index (χ3n) is 4.20. The highest BCUT2D eigenvalue weighted by Crippen LogP contribution is 2.33. The predicted molar refractivity (Wildman–Crippen MR) is 98.3 cm³/mol. The van der Waals surface area contributed by atoms with Crippen LogP contribution in [0.25, 0.3) is 0 Å². The second-order valence-corrected chi connectivity index (χ2v) is 8.45. The van der Waals surface area contributed by atoms with Gasteiger partial charge in [0.1, 0.15) is 0 Å². The maximum atomic E-state index is 12.8. The van der Waals surface area contributed by atoms with Gasteiger partial charge in [-0.3, -0.25) is 9.10 Å². The van der Waals surface area contributed by atoms with Crippen LogP contribution < -0.4 is 9.62 Å². The molecule has 5 nitrogen and oxygen atoms in total. The number of anilines is 1. The Morgan fingerprint density at radius 2 is 1.88 bits per heavy atom. The first kappa shape index (κ1) is 17.5. The average molecular weight is 358 g/mol. The van der Waals surface area contributed by atoms with E-state index in [4.69, 9.17) is 0 Å². The molecule has 1 heterocycles. The lowest BCUT2D eigenvalue weighted by Gasteiger charge is -2.19. The zero-order valence-corrected chi connectivity index (χ0v) is 15.2. The third-order valence-corrected chi connectivity index (χ3v) is 6.02. The van der Waals surface area contributed by atoms with Gasteiger partial charge >= 0.3 is 0 Å². The molecule has 2 aromatic rings. The first-order valence-corrected chi connectivity index (χ1v) is 9.82. The Bertz CT molecular complexity index is 877. The van der Waals surface area contributed by atoms with Crippen molar-refractivity contribution in [2.24, 2.45) is 5.92 Å². The first-order chi connectivity index (χ1) is 11.9. The number of carbonyl (C=O) groups excluding carboxylic acids is 1. The first-order valence-electron chi connectivity index (χ1n) is 8.38. The number of amides is 1. The highest BCUT2D eigenvalue weighted by atomic mass is 32.2. The summed E-state index contributed by atoms with van der Waals surface area (Å²) in [4.78, 5) is 12.5. The van der Waals surface area contributed by atoms with E-state index in [0.29, 0.717) is 36.7 Å². The summed E-state index contributed by atoms with van der Waals surface area (Å²) in [5.74, 6) is 0.255. The van der Waals surface area contributed by atoms with E-state index in [0.717, 1.165) is 5.56 Å². The summed E-state index contributed by atoms with van der Waals surface area (Å²) < 4.78 is 27.1. The molecule has 0 saturated carbocycles. The fourth-order valence-corrected chi connectivity index (χ4v) is 4.41. The van der Waals surface area contributed by atoms with E-state index in [1.807, 2.05) is 13.8 Å². The quantitative estimate of drug-likeness (QED) is 0.894. The Kier molecular flexibility index (Phi) is 4.81. The molecule has 25 heavy (non-hydrogen) atoms. The molecule has 0 aromatic heterocycles. The van der Waals surface area contributed by atoms with Crippen LogP contribution in [0.1, 0.15) is 29.8 Å². The van der Waals surface area contributed by atoms with Gasteiger partial charge in [0.25, 0.3) is 15.9 Å². The number of hydrogen-bond donors (Lipinski definition) is 1. The fraction of sp³-hybridized carbons (Fsp3) is 0.316. The van der Waals surface area contributed by atoms with Gasteiger partial charge in [-0.2, -0.15) is 0 Å². The number of sulfonamides is 1. The van der Waals surface area contributed by atoms with Crippen LogP contribution in [0.15, 0.2) is 53.4 Å². The van der Waals surface area contributed by atoms with Gasteiger partial charge < -0.3 is 5.32 Å². The molecule has 1 N–H and O–H groups in total. The molecule has 0 unspecified atom stereocenters. The van der Waals surface area contributed by atoms with Crippen LogP contribution in [0.4, 0.5) is 5.69 Å². The van der Waals surface area contributed by atoms with Crippen LogP contribution in [0.5, 0.6) is 0 Å². The van der Waals surface area contributed by atoms with E-state index in [-0.39, 0.29) is 10.8 Å². The number of carbonyl (C=O) groups is 1. The van der Waals surface area contributed by atoms with Gasteiger partial charge in [0.05, 0.1) is 10.6 Å². The van der Waals surface area contributed by atoms with Gasteiger partial charge in [-0.15, -0.1) is 0 Å². The summed E-state index contributed by atoms with van der Waals surface area (Å²) in [5.41, 5.74) is 2.11. The largest absolute Gasteiger partial charge is 0.352 e. The van der Waals surface area contributed by atoms with E-state index < -0.39 is 10.0 Å². The molecule has 2 aromatic carbocycles. The molecule has 1 aliphatic rings. The summed E-state index contributed by atoms with van der Waals surface area (Å²) >= 11 is 0. The molecule has 132 valence electrons. The lowest BCUT2D eigenvalue weighted by molar-refractivity contribution is 0.0949. The van der Waals surface area contributed by atoms with Gasteiger partial charge in [0, 0.05) is 18.7 Å². The molecule has 0 spiro atoms. The van der Waals surface area contributed by atoms with Crippen LogP contribution in [0.3, 0.4) is 0 Å². The molecule has 3 rings (SSSR count). The minimum absolute atomic E-state index is 0.124. The van der Waals surface area contributed by atoms with E-state index in [1.54, 1.807) is 48.5 Å². The number of nitrogens with one attached hydrogen (secondary N) is 1. The van der Waals surface area contributed by atoms with E-state index in [1.165, 1.54) is 4.31 Å². The summed E-state index contributed by atoms with van der Waals surface area (Å²) in [6.45, 7) is 5.08. The van der Waals surface area contributed by atoms with Crippen molar-refractivity contribution in [3.8, 4) is 0 Å². The standard InChI is InChI=1S/C19H22N2O3S/c1-14(2)13-20-19(22)16-8-9-18-15(12-16)10-11-21(18)25(23,24)17-6-4-3-5-7-17/h3-9,12,14H,10-11,13H2,1-2H3,(H,20,22). The average Bonchev–Trinajstić information content (AvgIpc) is 3.04. The van der Waals surface area contributed by atoms with Crippen LogP contribution >= 0.6 is 0 Å². The van der Waals surface area contributed by atoms with Crippen molar-refractivity contribution in [3.63, 3.8) is 0 Å². The Morgan fingerprint density at radius 1 is 1.16 bits per heavy atom. The number of fused-ring (bicyclic) bond motifs is 1. The minimum atomic E-state index is -3.57. The number of nitrogens with zero attached hydrogens (tertiary/aromatic N) is 1. The molecule has 0 bridgehead atoms. The molecule has 1 aliphatic heterocycles. The summed E-state index contributed by atoms with van der Waals surface area (Å²) in [5, 5.41) is 2.89. The molecule has 0 radical (unpaired) electrons. The molecular weight excluding hydrogens is 336 g/mol. The normalized spacial score (nSPS) is 13.8. The van der Waals surface area contributed by atoms with Crippen molar-refractivity contribution in [2.75, 3.05) is 17.4 Å². The number of benzene rings is 2. The molecule has 6 heteroatoms. The Morgan fingerprint density at radius 3 is 2.56 bits per heavy atom. The molecular formula is C19H22N2O3S. The maximum Gasteiger partial charge on any atom is 0.264 e. The van der Waals surface area contributed by atoms with Gasteiger partial charge in [-0.1, -0.05) is 32.0 Å². The lowest BCUT2D eigenvalue weighted by atomic mass is 10.1. The van der Waals surface area contributed by atoms with E-state index in [9.17, 15) is 13.2 Å². The lowest BCUT2D eigenvalue weighted by Crippen LogP contribution is -2.29. The number of rotatable bonds is 5. The Balaban J connectivity index is 1.86. The van der Waals surface area contributed by atoms with E-state index in [2.05, 4.69) is 5.32 Å². The van der Waals surface area contributed by atoms with Crippen molar-refractivity contribution in [3.05, 3.63) is 59.7 Å². The molecule has 1 amide bonds. The van der Waals surface area contributed by atoms with Crippen LogP contribution in [-0.2, 0) is 16.4 Å². The minimum Gasteiger partial charge on any atom is -0.352 e.